The fourth-order valence-electron chi connectivity index (χ4n) is 2.86. The third-order valence-electron chi connectivity index (χ3n) is 4.07. The van der Waals surface area contributed by atoms with E-state index in [1.807, 2.05) is 20.8 Å². The average molecular weight is 364 g/mol. The fourth-order valence-corrected chi connectivity index (χ4v) is 2.86. The van der Waals surface area contributed by atoms with Crippen molar-refractivity contribution in [1.29, 1.82) is 0 Å². The van der Waals surface area contributed by atoms with E-state index in [1.165, 1.54) is 4.90 Å². The molecule has 0 bridgehead atoms. The Morgan fingerprint density at radius 3 is 2.81 bits per heavy atom. The molecule has 2 aliphatic heterocycles. The van der Waals surface area contributed by atoms with Gasteiger partial charge in [-0.05, 0) is 39.0 Å². The van der Waals surface area contributed by atoms with E-state index >= 15 is 0 Å². The maximum absolute atomic E-state index is 12.4. The molecule has 8 heteroatoms. The molecule has 1 atom stereocenters. The number of nitrogens with zero attached hydrogens (tertiary/aromatic N) is 2. The minimum Gasteiger partial charge on any atom is -0.491 e. The third kappa shape index (κ3) is 4.01. The summed E-state index contributed by atoms with van der Waals surface area (Å²) < 4.78 is 16.2. The summed E-state index contributed by atoms with van der Waals surface area (Å²) in [4.78, 5) is 27.4. The quantitative estimate of drug-likeness (QED) is 0.865. The van der Waals surface area contributed by atoms with Crippen molar-refractivity contribution < 1.29 is 28.9 Å². The summed E-state index contributed by atoms with van der Waals surface area (Å²) in [7, 11) is 0. The Kier molecular flexibility index (Phi) is 4.95. The van der Waals surface area contributed by atoms with Crippen LogP contribution in [0.4, 0.5) is 15.3 Å². The van der Waals surface area contributed by atoms with E-state index in [2.05, 4.69) is 0 Å². The highest BCUT2D eigenvalue weighted by molar-refractivity contribution is 5.90. The molecule has 1 aromatic rings. The van der Waals surface area contributed by atoms with Gasteiger partial charge < -0.3 is 24.2 Å². The van der Waals surface area contributed by atoms with Crippen molar-refractivity contribution in [1.82, 2.24) is 4.90 Å². The Labute approximate surface area is 152 Å². The molecule has 1 fully saturated rings. The second kappa shape index (κ2) is 7.03. The number of benzene rings is 1. The average Bonchev–Trinajstić information content (AvgIpc) is 2.81. The van der Waals surface area contributed by atoms with E-state index in [0.717, 1.165) is 5.56 Å². The van der Waals surface area contributed by atoms with Crippen LogP contribution in [0.15, 0.2) is 18.2 Å². The summed E-state index contributed by atoms with van der Waals surface area (Å²) >= 11 is 0. The SMILES string of the molecule is CC(C)(C)OC(=O)N1CCOc2ccc(N3CC(CO)OC3=O)cc2C1. The highest BCUT2D eigenvalue weighted by atomic mass is 16.6. The van der Waals surface area contributed by atoms with Gasteiger partial charge in [-0.2, -0.15) is 0 Å². The number of cyclic esters (lactones) is 1. The smallest absolute Gasteiger partial charge is 0.414 e. The minimum absolute atomic E-state index is 0.220. The Hall–Kier alpha value is -2.48. The lowest BCUT2D eigenvalue weighted by molar-refractivity contribution is 0.0225. The summed E-state index contributed by atoms with van der Waals surface area (Å²) in [6.45, 7) is 6.63. The molecule has 1 N–H and O–H groups in total. The Morgan fingerprint density at radius 1 is 1.38 bits per heavy atom. The third-order valence-corrected chi connectivity index (χ3v) is 4.07. The van der Waals surface area contributed by atoms with Crippen molar-refractivity contribution >= 4 is 17.9 Å². The molecule has 0 aromatic heterocycles. The first kappa shape index (κ1) is 18.3. The number of ether oxygens (including phenoxy) is 3. The van der Waals surface area contributed by atoms with Crippen LogP contribution in [0.1, 0.15) is 26.3 Å². The van der Waals surface area contributed by atoms with Crippen LogP contribution >= 0.6 is 0 Å². The molecule has 0 aliphatic carbocycles. The topological polar surface area (TPSA) is 88.5 Å². The molecule has 2 amide bonds. The standard InChI is InChI=1S/C18H24N2O6/c1-18(2,3)26-16(22)19-6-7-24-15-5-4-13(8-12(15)9-19)20-10-14(11-21)25-17(20)23/h4-5,8,14,21H,6-7,9-11H2,1-3H3. The fraction of sp³-hybridized carbons (Fsp3) is 0.556. The molecule has 1 saturated heterocycles. The van der Waals surface area contributed by atoms with E-state index in [9.17, 15) is 14.7 Å². The molecule has 0 radical (unpaired) electrons. The monoisotopic (exact) mass is 364 g/mol. The molecule has 2 aliphatic rings. The van der Waals surface area contributed by atoms with Crippen molar-refractivity contribution in [2.24, 2.45) is 0 Å². The predicted octanol–water partition coefficient (Wildman–Crippen LogP) is 2.13. The summed E-state index contributed by atoms with van der Waals surface area (Å²) in [5, 5.41) is 9.18. The van der Waals surface area contributed by atoms with E-state index in [-0.39, 0.29) is 13.2 Å². The number of anilines is 1. The maximum Gasteiger partial charge on any atom is 0.414 e. The van der Waals surface area contributed by atoms with Gasteiger partial charge in [-0.1, -0.05) is 0 Å². The van der Waals surface area contributed by atoms with Crippen molar-refractivity contribution in [3.05, 3.63) is 23.8 Å². The number of hydrogen-bond donors (Lipinski definition) is 1. The molecule has 8 nitrogen and oxygen atoms in total. The maximum atomic E-state index is 12.4. The van der Waals surface area contributed by atoms with Crippen molar-refractivity contribution in [3.8, 4) is 5.75 Å². The van der Waals surface area contributed by atoms with Gasteiger partial charge in [-0.25, -0.2) is 9.59 Å². The molecule has 3 rings (SSSR count). The van der Waals surface area contributed by atoms with Gasteiger partial charge in [0, 0.05) is 11.3 Å². The summed E-state index contributed by atoms with van der Waals surface area (Å²) in [5.74, 6) is 0.672. The van der Waals surface area contributed by atoms with E-state index in [4.69, 9.17) is 14.2 Å². The molecule has 1 unspecified atom stereocenters. The van der Waals surface area contributed by atoms with Crippen LogP contribution in [-0.4, -0.2) is 60.2 Å². The number of hydrogen-bond acceptors (Lipinski definition) is 6. The van der Waals surface area contributed by atoms with Gasteiger partial charge in [0.1, 0.15) is 24.1 Å². The number of aliphatic hydroxyl groups is 1. The number of rotatable bonds is 2. The van der Waals surface area contributed by atoms with Gasteiger partial charge in [0.05, 0.1) is 26.2 Å². The predicted molar refractivity (Wildman–Crippen MR) is 93.3 cm³/mol. The second-order valence-electron chi connectivity index (χ2n) is 7.34. The lowest BCUT2D eigenvalue weighted by Gasteiger charge is -2.26. The van der Waals surface area contributed by atoms with E-state index in [0.29, 0.717) is 31.1 Å². The Morgan fingerprint density at radius 2 is 2.15 bits per heavy atom. The highest BCUT2D eigenvalue weighted by Crippen LogP contribution is 2.30. The number of carbonyl (C=O) groups excluding carboxylic acids is 2. The zero-order chi connectivity index (χ0) is 18.9. The molecule has 1 aromatic carbocycles. The Balaban J connectivity index is 1.80. The molecule has 0 saturated carbocycles. The molecular weight excluding hydrogens is 340 g/mol. The Bertz CT molecular complexity index is 699. The summed E-state index contributed by atoms with van der Waals surface area (Å²) in [6.07, 6.45) is -1.43. The zero-order valence-electron chi connectivity index (χ0n) is 15.2. The van der Waals surface area contributed by atoms with Crippen LogP contribution in [0.2, 0.25) is 0 Å². The number of aliphatic hydroxyl groups excluding tert-OH is 1. The summed E-state index contributed by atoms with van der Waals surface area (Å²) in [6, 6.07) is 5.35. The minimum atomic E-state index is -0.576. The van der Waals surface area contributed by atoms with Gasteiger partial charge in [0.2, 0.25) is 0 Å². The number of fused-ring (bicyclic) bond motifs is 1. The number of carbonyl (C=O) groups is 2. The first-order valence-corrected chi connectivity index (χ1v) is 8.59. The van der Waals surface area contributed by atoms with Crippen LogP contribution in [0.25, 0.3) is 0 Å². The molecule has 2 heterocycles. The second-order valence-corrected chi connectivity index (χ2v) is 7.34. The van der Waals surface area contributed by atoms with Gasteiger partial charge in [0.25, 0.3) is 0 Å². The molecular formula is C18H24N2O6. The van der Waals surface area contributed by atoms with Crippen LogP contribution < -0.4 is 9.64 Å². The van der Waals surface area contributed by atoms with Crippen molar-refractivity contribution in [3.63, 3.8) is 0 Å². The largest absolute Gasteiger partial charge is 0.491 e. The lowest BCUT2D eigenvalue weighted by Crippen LogP contribution is -2.37. The van der Waals surface area contributed by atoms with Gasteiger partial charge in [0.15, 0.2) is 0 Å². The molecule has 142 valence electrons. The van der Waals surface area contributed by atoms with E-state index in [1.54, 1.807) is 23.1 Å². The van der Waals surface area contributed by atoms with Gasteiger partial charge in [-0.15, -0.1) is 0 Å². The van der Waals surface area contributed by atoms with E-state index < -0.39 is 23.9 Å². The van der Waals surface area contributed by atoms with Crippen molar-refractivity contribution in [2.45, 2.75) is 39.0 Å². The van der Waals surface area contributed by atoms with Crippen LogP contribution in [0.5, 0.6) is 5.75 Å². The molecule has 0 spiro atoms. The lowest BCUT2D eigenvalue weighted by atomic mass is 10.1. The van der Waals surface area contributed by atoms with Crippen LogP contribution in [-0.2, 0) is 16.0 Å². The summed E-state index contributed by atoms with van der Waals surface area (Å²) in [5.41, 5.74) is 0.846. The molecule has 26 heavy (non-hydrogen) atoms. The number of amides is 2. The van der Waals surface area contributed by atoms with Crippen molar-refractivity contribution in [2.75, 3.05) is 31.2 Å². The first-order chi connectivity index (χ1) is 12.3. The van der Waals surface area contributed by atoms with Gasteiger partial charge in [-0.3, -0.25) is 4.90 Å². The van der Waals surface area contributed by atoms with Crippen LogP contribution in [0, 0.1) is 0 Å². The van der Waals surface area contributed by atoms with Crippen LogP contribution in [0.3, 0.4) is 0 Å². The zero-order valence-corrected chi connectivity index (χ0v) is 15.2. The first-order valence-electron chi connectivity index (χ1n) is 8.59. The highest BCUT2D eigenvalue weighted by Gasteiger charge is 2.33. The van der Waals surface area contributed by atoms with Gasteiger partial charge >= 0.3 is 12.2 Å². The normalized spacial score (nSPS) is 20.2.